The Morgan fingerprint density at radius 1 is 1.12 bits per heavy atom. The van der Waals surface area contributed by atoms with Gasteiger partial charge >= 0.3 is 0 Å². The van der Waals surface area contributed by atoms with E-state index in [4.69, 9.17) is 15.2 Å². The van der Waals surface area contributed by atoms with Crippen molar-refractivity contribution >= 4 is 5.95 Å². The van der Waals surface area contributed by atoms with E-state index in [1.807, 2.05) is 18.2 Å². The van der Waals surface area contributed by atoms with Crippen LogP contribution in [0.1, 0.15) is 0 Å². The Balaban J connectivity index is 2.47. The van der Waals surface area contributed by atoms with E-state index < -0.39 is 0 Å². The second-order valence-corrected chi connectivity index (χ2v) is 3.28. The molecular formula is C11H13N3O2. The number of hydrogen-bond acceptors (Lipinski definition) is 4. The standard InChI is InChI=1S/C11H13N3O2/c1-15-8-3-7(4-9(5-8)16-2)10-6-13-11(12)14-10/h3-6H,1-2H3,(H3,12,13,14). The highest BCUT2D eigenvalue weighted by molar-refractivity contribution is 5.64. The van der Waals surface area contributed by atoms with Crippen LogP contribution in [0.25, 0.3) is 11.3 Å². The van der Waals surface area contributed by atoms with Crippen molar-refractivity contribution in [2.24, 2.45) is 0 Å². The predicted molar refractivity (Wildman–Crippen MR) is 61.5 cm³/mol. The first-order valence-electron chi connectivity index (χ1n) is 4.77. The molecule has 16 heavy (non-hydrogen) atoms. The highest BCUT2D eigenvalue weighted by Gasteiger charge is 2.06. The number of aromatic amines is 1. The summed E-state index contributed by atoms with van der Waals surface area (Å²) in [7, 11) is 3.22. The number of nitrogens with two attached hydrogens (primary N) is 1. The fourth-order valence-corrected chi connectivity index (χ4v) is 1.45. The SMILES string of the molecule is COc1cc(OC)cc(-c2cnc(N)[nH]2)c1. The average Bonchev–Trinajstić information content (AvgIpc) is 2.75. The number of methoxy groups -OCH3 is 2. The number of H-pyrrole nitrogens is 1. The largest absolute Gasteiger partial charge is 0.497 e. The van der Waals surface area contributed by atoms with Crippen molar-refractivity contribution in [3.63, 3.8) is 0 Å². The summed E-state index contributed by atoms with van der Waals surface area (Å²) in [6, 6.07) is 5.58. The number of ether oxygens (including phenoxy) is 2. The summed E-state index contributed by atoms with van der Waals surface area (Å²) in [5, 5.41) is 0. The molecule has 5 heteroatoms. The first kappa shape index (κ1) is 10.4. The molecule has 2 rings (SSSR count). The molecule has 1 heterocycles. The highest BCUT2D eigenvalue weighted by atomic mass is 16.5. The van der Waals surface area contributed by atoms with Crippen LogP contribution < -0.4 is 15.2 Å². The number of rotatable bonds is 3. The fraction of sp³-hybridized carbons (Fsp3) is 0.182. The summed E-state index contributed by atoms with van der Waals surface area (Å²) >= 11 is 0. The van der Waals surface area contributed by atoms with Gasteiger partial charge in [-0.15, -0.1) is 0 Å². The van der Waals surface area contributed by atoms with Crippen molar-refractivity contribution in [1.29, 1.82) is 0 Å². The first-order valence-corrected chi connectivity index (χ1v) is 4.77. The van der Waals surface area contributed by atoms with E-state index in [0.717, 1.165) is 22.8 Å². The molecule has 5 nitrogen and oxygen atoms in total. The molecule has 0 spiro atoms. The molecule has 2 aromatic rings. The number of benzene rings is 1. The van der Waals surface area contributed by atoms with Gasteiger partial charge in [0.15, 0.2) is 5.95 Å². The van der Waals surface area contributed by atoms with Gasteiger partial charge in [-0.25, -0.2) is 4.98 Å². The van der Waals surface area contributed by atoms with Gasteiger partial charge in [-0.3, -0.25) is 0 Å². The van der Waals surface area contributed by atoms with E-state index in [1.54, 1.807) is 20.4 Å². The zero-order chi connectivity index (χ0) is 11.5. The third kappa shape index (κ3) is 1.93. The van der Waals surface area contributed by atoms with Crippen molar-refractivity contribution in [1.82, 2.24) is 9.97 Å². The Bertz CT molecular complexity index is 471. The Hall–Kier alpha value is -2.17. The molecule has 0 saturated heterocycles. The van der Waals surface area contributed by atoms with Gasteiger partial charge in [0.1, 0.15) is 11.5 Å². The Morgan fingerprint density at radius 2 is 1.75 bits per heavy atom. The summed E-state index contributed by atoms with van der Waals surface area (Å²) in [5.41, 5.74) is 7.27. The van der Waals surface area contributed by atoms with Gasteiger partial charge in [-0.05, 0) is 12.1 Å². The van der Waals surface area contributed by atoms with Gasteiger partial charge in [0.05, 0.1) is 26.1 Å². The smallest absolute Gasteiger partial charge is 0.197 e. The molecule has 1 aromatic carbocycles. The first-order chi connectivity index (χ1) is 7.72. The maximum Gasteiger partial charge on any atom is 0.197 e. The minimum atomic E-state index is 0.386. The lowest BCUT2D eigenvalue weighted by atomic mass is 10.1. The van der Waals surface area contributed by atoms with Crippen molar-refractivity contribution in [2.75, 3.05) is 20.0 Å². The number of hydrogen-bond donors (Lipinski definition) is 2. The monoisotopic (exact) mass is 219 g/mol. The van der Waals surface area contributed by atoms with Gasteiger partial charge in [-0.1, -0.05) is 0 Å². The van der Waals surface area contributed by atoms with Crippen LogP contribution in [-0.2, 0) is 0 Å². The summed E-state index contributed by atoms with van der Waals surface area (Å²) in [4.78, 5) is 6.90. The molecule has 0 amide bonds. The van der Waals surface area contributed by atoms with Gasteiger partial charge in [0.2, 0.25) is 0 Å². The van der Waals surface area contributed by atoms with Crippen molar-refractivity contribution in [3.8, 4) is 22.8 Å². The van der Waals surface area contributed by atoms with Gasteiger partial charge in [0.25, 0.3) is 0 Å². The van der Waals surface area contributed by atoms with E-state index >= 15 is 0 Å². The van der Waals surface area contributed by atoms with Crippen molar-refractivity contribution in [2.45, 2.75) is 0 Å². The van der Waals surface area contributed by atoms with E-state index in [2.05, 4.69) is 9.97 Å². The highest BCUT2D eigenvalue weighted by Crippen LogP contribution is 2.28. The maximum atomic E-state index is 5.53. The second-order valence-electron chi connectivity index (χ2n) is 3.28. The van der Waals surface area contributed by atoms with Gasteiger partial charge < -0.3 is 20.2 Å². The molecule has 0 fully saturated rings. The lowest BCUT2D eigenvalue weighted by molar-refractivity contribution is 0.394. The second kappa shape index (κ2) is 4.14. The van der Waals surface area contributed by atoms with Crippen molar-refractivity contribution in [3.05, 3.63) is 24.4 Å². The molecule has 0 saturated carbocycles. The summed E-state index contributed by atoms with van der Waals surface area (Å²) in [5.74, 6) is 1.84. The molecule has 0 radical (unpaired) electrons. The van der Waals surface area contributed by atoms with E-state index in [1.165, 1.54) is 0 Å². The Kier molecular flexibility index (Phi) is 2.68. The van der Waals surface area contributed by atoms with Crippen LogP contribution in [0.2, 0.25) is 0 Å². The van der Waals surface area contributed by atoms with Crippen LogP contribution in [-0.4, -0.2) is 24.2 Å². The minimum Gasteiger partial charge on any atom is -0.497 e. The van der Waals surface area contributed by atoms with Crippen LogP contribution in [0.5, 0.6) is 11.5 Å². The quantitative estimate of drug-likeness (QED) is 0.823. The number of aromatic nitrogens is 2. The number of imidazole rings is 1. The summed E-state index contributed by atoms with van der Waals surface area (Å²) in [6.07, 6.45) is 1.67. The molecule has 0 unspecified atom stereocenters. The van der Waals surface area contributed by atoms with Gasteiger partial charge in [-0.2, -0.15) is 0 Å². The third-order valence-corrected chi connectivity index (χ3v) is 2.26. The summed E-state index contributed by atoms with van der Waals surface area (Å²) < 4.78 is 10.4. The lowest BCUT2D eigenvalue weighted by Gasteiger charge is -2.06. The average molecular weight is 219 g/mol. The predicted octanol–water partition coefficient (Wildman–Crippen LogP) is 1.68. The molecule has 0 aliphatic heterocycles. The molecule has 0 aliphatic rings. The molecule has 0 aliphatic carbocycles. The molecule has 1 aromatic heterocycles. The molecule has 3 N–H and O–H groups in total. The van der Waals surface area contributed by atoms with E-state index in [-0.39, 0.29) is 0 Å². The molecule has 0 atom stereocenters. The molecule has 84 valence electrons. The van der Waals surface area contributed by atoms with E-state index in [9.17, 15) is 0 Å². The zero-order valence-electron chi connectivity index (χ0n) is 9.15. The topological polar surface area (TPSA) is 73.2 Å². The summed E-state index contributed by atoms with van der Waals surface area (Å²) in [6.45, 7) is 0. The lowest BCUT2D eigenvalue weighted by Crippen LogP contribution is -1.89. The molecular weight excluding hydrogens is 206 g/mol. The van der Waals surface area contributed by atoms with Crippen LogP contribution >= 0.6 is 0 Å². The van der Waals surface area contributed by atoms with Gasteiger partial charge in [0, 0.05) is 11.6 Å². The Morgan fingerprint density at radius 3 is 2.19 bits per heavy atom. The molecule has 0 bridgehead atoms. The number of nitrogens with one attached hydrogen (secondary N) is 1. The van der Waals surface area contributed by atoms with Crippen molar-refractivity contribution < 1.29 is 9.47 Å². The van der Waals surface area contributed by atoms with Crippen LogP contribution in [0.15, 0.2) is 24.4 Å². The maximum absolute atomic E-state index is 5.53. The fourth-order valence-electron chi connectivity index (χ4n) is 1.45. The zero-order valence-corrected chi connectivity index (χ0v) is 9.15. The third-order valence-electron chi connectivity index (χ3n) is 2.26. The number of nitrogens with zero attached hydrogens (tertiary/aromatic N) is 1. The van der Waals surface area contributed by atoms with Crippen LogP contribution in [0.4, 0.5) is 5.95 Å². The normalized spacial score (nSPS) is 10.1. The number of nitrogen functional groups attached to an aromatic ring is 1. The van der Waals surface area contributed by atoms with Crippen LogP contribution in [0, 0.1) is 0 Å². The van der Waals surface area contributed by atoms with E-state index in [0.29, 0.717) is 5.95 Å². The van der Waals surface area contributed by atoms with Crippen LogP contribution in [0.3, 0.4) is 0 Å². The number of anilines is 1. The Labute approximate surface area is 93.2 Å². The minimum absolute atomic E-state index is 0.386.